The minimum absolute atomic E-state index is 0.139. The second kappa shape index (κ2) is 8.86. The number of hydrogen-bond acceptors (Lipinski definition) is 4. The summed E-state index contributed by atoms with van der Waals surface area (Å²) in [4.78, 5) is 29.5. The Morgan fingerprint density at radius 1 is 1.04 bits per heavy atom. The third-order valence-corrected chi connectivity index (χ3v) is 5.30. The molecule has 1 aromatic heterocycles. The molecular formula is C20H19ClN4O2S. The van der Waals surface area contributed by atoms with Crippen LogP contribution in [0.5, 0.6) is 0 Å². The third kappa shape index (κ3) is 5.09. The summed E-state index contributed by atoms with van der Waals surface area (Å²) in [6.45, 7) is 3.66. The fourth-order valence-electron chi connectivity index (χ4n) is 2.54. The minimum atomic E-state index is -0.444. The van der Waals surface area contributed by atoms with E-state index in [1.165, 1.54) is 0 Å². The van der Waals surface area contributed by atoms with E-state index in [0.29, 0.717) is 26.4 Å². The van der Waals surface area contributed by atoms with Crippen molar-refractivity contribution in [1.29, 1.82) is 0 Å². The van der Waals surface area contributed by atoms with Crippen LogP contribution in [0.25, 0.3) is 0 Å². The van der Waals surface area contributed by atoms with Crippen molar-refractivity contribution in [3.63, 3.8) is 0 Å². The first kappa shape index (κ1) is 19.9. The van der Waals surface area contributed by atoms with Crippen molar-refractivity contribution in [3.8, 4) is 0 Å². The molecule has 1 heterocycles. The molecule has 0 fully saturated rings. The molecule has 0 saturated carbocycles. The van der Waals surface area contributed by atoms with E-state index in [2.05, 4.69) is 20.9 Å². The summed E-state index contributed by atoms with van der Waals surface area (Å²) in [5.74, 6) is -0.225. The number of nitrogens with one attached hydrogen (secondary N) is 3. The molecule has 3 rings (SSSR count). The number of anilines is 2. The minimum Gasteiger partial charge on any atom is -0.345 e. The number of amides is 3. The number of nitrogens with zero attached hydrogens (tertiary/aromatic N) is 1. The number of halogens is 1. The summed E-state index contributed by atoms with van der Waals surface area (Å²) in [6, 6.07) is 15.9. The molecule has 0 bridgehead atoms. The van der Waals surface area contributed by atoms with Crippen LogP contribution in [0.15, 0.2) is 54.6 Å². The van der Waals surface area contributed by atoms with E-state index in [-0.39, 0.29) is 11.9 Å². The Kier molecular flexibility index (Phi) is 6.28. The summed E-state index contributed by atoms with van der Waals surface area (Å²) in [5.41, 5.74) is 2.17. The van der Waals surface area contributed by atoms with Crippen molar-refractivity contribution in [2.45, 2.75) is 19.9 Å². The molecule has 3 N–H and O–H groups in total. The van der Waals surface area contributed by atoms with Gasteiger partial charge in [0, 0.05) is 10.7 Å². The van der Waals surface area contributed by atoms with Crippen LogP contribution in [0, 0.1) is 6.92 Å². The average molecular weight is 415 g/mol. The lowest BCUT2D eigenvalue weighted by Crippen LogP contribution is -2.26. The molecule has 0 radical (unpaired) electrons. The van der Waals surface area contributed by atoms with E-state index >= 15 is 0 Å². The van der Waals surface area contributed by atoms with E-state index in [0.717, 1.165) is 16.9 Å². The quantitative estimate of drug-likeness (QED) is 0.533. The number of urea groups is 1. The van der Waals surface area contributed by atoms with Gasteiger partial charge in [-0.15, -0.1) is 0 Å². The van der Waals surface area contributed by atoms with Gasteiger partial charge in [0.1, 0.15) is 4.88 Å². The van der Waals surface area contributed by atoms with Crippen molar-refractivity contribution >= 4 is 45.7 Å². The molecule has 144 valence electrons. The highest BCUT2D eigenvalue weighted by Gasteiger charge is 2.18. The number of aromatic nitrogens is 1. The SMILES string of the molecule is Cc1nc(NC(=O)Nc2ccc(Cl)cc2)sc1C(=O)NC(C)c1ccccc1. The number of thiazole rings is 1. The molecule has 0 aliphatic carbocycles. The van der Waals surface area contributed by atoms with Gasteiger partial charge in [0.2, 0.25) is 0 Å². The van der Waals surface area contributed by atoms with Gasteiger partial charge in [-0.3, -0.25) is 10.1 Å². The lowest BCUT2D eigenvalue weighted by Gasteiger charge is -2.13. The standard InChI is InChI=1S/C20H19ClN4O2S/c1-12(14-6-4-3-5-7-14)22-18(26)17-13(2)23-20(28-17)25-19(27)24-16-10-8-15(21)9-11-16/h3-12H,1-2H3,(H,22,26)(H2,23,24,25,27). The van der Waals surface area contributed by atoms with Crippen molar-refractivity contribution in [1.82, 2.24) is 10.3 Å². The Labute approximate surface area is 172 Å². The Morgan fingerprint density at radius 3 is 2.39 bits per heavy atom. The molecule has 0 spiro atoms. The van der Waals surface area contributed by atoms with Gasteiger partial charge < -0.3 is 10.6 Å². The van der Waals surface area contributed by atoms with Crippen molar-refractivity contribution in [2.75, 3.05) is 10.6 Å². The Balaban J connectivity index is 1.62. The molecular weight excluding hydrogens is 396 g/mol. The lowest BCUT2D eigenvalue weighted by molar-refractivity contribution is 0.0943. The summed E-state index contributed by atoms with van der Waals surface area (Å²) in [6.07, 6.45) is 0. The maximum atomic E-state index is 12.6. The van der Waals surface area contributed by atoms with Crippen molar-refractivity contribution in [3.05, 3.63) is 75.8 Å². The largest absolute Gasteiger partial charge is 0.345 e. The van der Waals surface area contributed by atoms with Crippen molar-refractivity contribution < 1.29 is 9.59 Å². The molecule has 0 saturated heterocycles. The third-order valence-electron chi connectivity index (χ3n) is 3.97. The van der Waals surface area contributed by atoms with Crippen LogP contribution >= 0.6 is 22.9 Å². The van der Waals surface area contributed by atoms with Gasteiger partial charge in [-0.2, -0.15) is 0 Å². The van der Waals surface area contributed by atoms with Crippen LogP contribution in [0.3, 0.4) is 0 Å². The molecule has 3 amide bonds. The molecule has 3 aromatic rings. The Hall–Kier alpha value is -2.90. The highest BCUT2D eigenvalue weighted by Crippen LogP contribution is 2.24. The number of carbonyl (C=O) groups is 2. The number of hydrogen-bond donors (Lipinski definition) is 3. The second-order valence-electron chi connectivity index (χ2n) is 6.13. The van der Waals surface area contributed by atoms with Crippen LogP contribution in [0.4, 0.5) is 15.6 Å². The maximum absolute atomic E-state index is 12.6. The van der Waals surface area contributed by atoms with Gasteiger partial charge in [0.05, 0.1) is 11.7 Å². The fourth-order valence-corrected chi connectivity index (χ4v) is 3.53. The van der Waals surface area contributed by atoms with E-state index in [1.807, 2.05) is 37.3 Å². The molecule has 28 heavy (non-hydrogen) atoms. The zero-order valence-electron chi connectivity index (χ0n) is 15.3. The van der Waals surface area contributed by atoms with Gasteiger partial charge in [-0.1, -0.05) is 53.3 Å². The summed E-state index contributed by atoms with van der Waals surface area (Å²) in [7, 11) is 0. The van der Waals surface area contributed by atoms with E-state index in [9.17, 15) is 9.59 Å². The summed E-state index contributed by atoms with van der Waals surface area (Å²) < 4.78 is 0. The number of benzene rings is 2. The van der Waals surface area contributed by atoms with E-state index in [1.54, 1.807) is 31.2 Å². The number of aryl methyl sites for hydroxylation is 1. The monoisotopic (exact) mass is 414 g/mol. The van der Waals surface area contributed by atoms with Gasteiger partial charge in [0.15, 0.2) is 5.13 Å². The second-order valence-corrected chi connectivity index (χ2v) is 7.56. The zero-order chi connectivity index (χ0) is 20.1. The predicted octanol–water partition coefficient (Wildman–Crippen LogP) is 5.24. The fraction of sp³-hybridized carbons (Fsp3) is 0.150. The normalized spacial score (nSPS) is 11.5. The summed E-state index contributed by atoms with van der Waals surface area (Å²) >= 11 is 6.96. The van der Waals surface area contributed by atoms with E-state index < -0.39 is 6.03 Å². The molecule has 8 heteroatoms. The smallest absolute Gasteiger partial charge is 0.325 e. The number of carbonyl (C=O) groups excluding carboxylic acids is 2. The Bertz CT molecular complexity index is 974. The highest BCUT2D eigenvalue weighted by molar-refractivity contribution is 7.17. The van der Waals surface area contributed by atoms with Gasteiger partial charge in [0.25, 0.3) is 5.91 Å². The molecule has 6 nitrogen and oxygen atoms in total. The molecule has 0 aliphatic heterocycles. The van der Waals surface area contributed by atoms with Crippen LogP contribution in [0.1, 0.15) is 33.9 Å². The van der Waals surface area contributed by atoms with Crippen LogP contribution in [0.2, 0.25) is 5.02 Å². The average Bonchev–Trinajstić information content (AvgIpc) is 3.04. The first-order valence-electron chi connectivity index (χ1n) is 8.59. The number of rotatable bonds is 5. The first-order valence-corrected chi connectivity index (χ1v) is 9.78. The van der Waals surface area contributed by atoms with Gasteiger partial charge >= 0.3 is 6.03 Å². The van der Waals surface area contributed by atoms with Crippen molar-refractivity contribution in [2.24, 2.45) is 0 Å². The highest BCUT2D eigenvalue weighted by atomic mass is 35.5. The van der Waals surface area contributed by atoms with E-state index in [4.69, 9.17) is 11.6 Å². The van der Waals surface area contributed by atoms with Crippen LogP contribution in [-0.4, -0.2) is 16.9 Å². The molecule has 2 aromatic carbocycles. The Morgan fingerprint density at radius 2 is 1.71 bits per heavy atom. The first-order chi connectivity index (χ1) is 13.4. The van der Waals surface area contributed by atoms with Gasteiger partial charge in [-0.25, -0.2) is 9.78 Å². The molecule has 0 aliphatic rings. The van der Waals surface area contributed by atoms with Crippen LogP contribution < -0.4 is 16.0 Å². The zero-order valence-corrected chi connectivity index (χ0v) is 16.9. The van der Waals surface area contributed by atoms with Crippen LogP contribution in [-0.2, 0) is 0 Å². The molecule has 1 atom stereocenters. The lowest BCUT2D eigenvalue weighted by atomic mass is 10.1. The summed E-state index contributed by atoms with van der Waals surface area (Å²) in [5, 5.41) is 9.23. The topological polar surface area (TPSA) is 83.1 Å². The molecule has 1 unspecified atom stereocenters. The predicted molar refractivity (Wildman–Crippen MR) is 113 cm³/mol. The maximum Gasteiger partial charge on any atom is 0.325 e. The van der Waals surface area contributed by atoms with Gasteiger partial charge in [-0.05, 0) is 43.7 Å².